The number of carbonyl (C=O) groups is 1. The number of benzene rings is 2. The predicted octanol–water partition coefficient (Wildman–Crippen LogP) is 3.05. The zero-order chi connectivity index (χ0) is 20.1. The van der Waals surface area contributed by atoms with Crippen LogP contribution in [-0.4, -0.2) is 39.6 Å². The molecule has 2 aromatic carbocycles. The van der Waals surface area contributed by atoms with E-state index >= 15 is 0 Å². The van der Waals surface area contributed by atoms with Crippen molar-refractivity contribution in [2.24, 2.45) is 7.05 Å². The first kappa shape index (κ1) is 19.3. The van der Waals surface area contributed by atoms with Crippen LogP contribution in [-0.2, 0) is 18.4 Å². The molecule has 0 bridgehead atoms. The molecule has 0 spiro atoms. The Morgan fingerprint density at radius 2 is 1.90 bits per heavy atom. The average molecular weight is 410 g/mol. The Hall–Kier alpha value is -3.00. The lowest BCUT2D eigenvalue weighted by Gasteiger charge is -2.09. The monoisotopic (exact) mass is 410 g/mol. The molecule has 0 saturated carbocycles. The summed E-state index contributed by atoms with van der Waals surface area (Å²) in [4.78, 5) is 12.2. The molecule has 1 aliphatic rings. The molecule has 150 valence electrons. The molecule has 4 rings (SSSR count). The van der Waals surface area contributed by atoms with Gasteiger partial charge in [-0.25, -0.2) is 0 Å². The van der Waals surface area contributed by atoms with Gasteiger partial charge in [-0.3, -0.25) is 4.79 Å². The van der Waals surface area contributed by atoms with Crippen LogP contribution in [0.3, 0.4) is 0 Å². The molecule has 0 atom stereocenters. The Labute approximate surface area is 173 Å². The zero-order valence-corrected chi connectivity index (χ0v) is 16.9. The molecule has 2 heterocycles. The van der Waals surface area contributed by atoms with Crippen LogP contribution in [0.25, 0.3) is 11.4 Å². The number of carbonyl (C=O) groups excluding carboxylic acids is 1. The van der Waals surface area contributed by atoms with E-state index in [0.29, 0.717) is 30.7 Å². The normalized spacial score (nSPS) is 13.0. The van der Waals surface area contributed by atoms with Gasteiger partial charge in [0, 0.05) is 25.6 Å². The highest BCUT2D eigenvalue weighted by molar-refractivity contribution is 7.99. The summed E-state index contributed by atoms with van der Waals surface area (Å²) in [5, 5.41) is 12.1. The van der Waals surface area contributed by atoms with Gasteiger partial charge in [-0.05, 0) is 23.8 Å². The number of aromatic nitrogens is 3. The van der Waals surface area contributed by atoms with Gasteiger partial charge >= 0.3 is 0 Å². The lowest BCUT2D eigenvalue weighted by molar-refractivity contribution is -0.118. The third-order valence-corrected chi connectivity index (χ3v) is 5.53. The number of ether oxygens (including phenoxy) is 2. The highest BCUT2D eigenvalue weighted by Gasteiger charge is 2.16. The maximum atomic E-state index is 12.2. The van der Waals surface area contributed by atoms with Gasteiger partial charge in [0.15, 0.2) is 22.5 Å². The van der Waals surface area contributed by atoms with Crippen LogP contribution < -0.4 is 14.8 Å². The van der Waals surface area contributed by atoms with Gasteiger partial charge < -0.3 is 19.4 Å². The van der Waals surface area contributed by atoms with Crippen molar-refractivity contribution in [2.45, 2.75) is 18.1 Å². The maximum Gasteiger partial charge on any atom is 0.230 e. The van der Waals surface area contributed by atoms with Gasteiger partial charge in [-0.15, -0.1) is 10.2 Å². The van der Waals surface area contributed by atoms with Gasteiger partial charge in [0.05, 0.1) is 19.0 Å². The summed E-state index contributed by atoms with van der Waals surface area (Å²) in [6.45, 7) is 1.80. The van der Waals surface area contributed by atoms with Crippen molar-refractivity contribution in [2.75, 3.05) is 19.0 Å². The van der Waals surface area contributed by atoms with Crippen molar-refractivity contribution in [1.82, 2.24) is 20.1 Å². The lowest BCUT2D eigenvalue weighted by Crippen LogP contribution is -2.24. The molecule has 1 aromatic heterocycles. The smallest absolute Gasteiger partial charge is 0.230 e. The second kappa shape index (κ2) is 9.00. The Morgan fingerprint density at radius 3 is 2.72 bits per heavy atom. The van der Waals surface area contributed by atoms with Crippen LogP contribution >= 0.6 is 11.8 Å². The van der Waals surface area contributed by atoms with Crippen LogP contribution in [0.2, 0.25) is 0 Å². The molecule has 0 aliphatic carbocycles. The van der Waals surface area contributed by atoms with Gasteiger partial charge in [0.2, 0.25) is 5.91 Å². The summed E-state index contributed by atoms with van der Waals surface area (Å²) in [7, 11) is 1.89. The topological polar surface area (TPSA) is 78.3 Å². The third kappa shape index (κ3) is 4.71. The number of nitrogens with one attached hydrogen (secondary N) is 1. The molecular formula is C21H22N4O3S. The molecule has 1 N–H and O–H groups in total. The molecule has 0 fully saturated rings. The van der Waals surface area contributed by atoms with E-state index in [2.05, 4.69) is 15.5 Å². The minimum absolute atomic E-state index is 0.0426. The molecule has 7 nitrogen and oxygen atoms in total. The molecule has 1 amide bonds. The van der Waals surface area contributed by atoms with Crippen LogP contribution in [0, 0.1) is 0 Å². The minimum atomic E-state index is -0.0426. The van der Waals surface area contributed by atoms with Gasteiger partial charge in [-0.2, -0.15) is 0 Å². The molecular weight excluding hydrogens is 388 g/mol. The van der Waals surface area contributed by atoms with E-state index in [9.17, 15) is 4.79 Å². The number of rotatable bonds is 6. The number of nitrogens with zero attached hydrogens (tertiary/aromatic N) is 3. The number of amides is 1. The summed E-state index contributed by atoms with van der Waals surface area (Å²) >= 11 is 1.36. The predicted molar refractivity (Wildman–Crippen MR) is 111 cm³/mol. The molecule has 0 unspecified atom stereocenters. The summed E-state index contributed by atoms with van der Waals surface area (Å²) < 4.78 is 13.3. The third-order valence-electron chi connectivity index (χ3n) is 4.51. The van der Waals surface area contributed by atoms with Gasteiger partial charge in [0.1, 0.15) is 0 Å². The van der Waals surface area contributed by atoms with Crippen LogP contribution in [0.15, 0.2) is 53.7 Å². The highest BCUT2D eigenvalue weighted by atomic mass is 32.2. The fraction of sp³-hybridized carbons (Fsp3) is 0.286. The number of fused-ring (bicyclic) bond motifs is 1. The summed E-state index contributed by atoms with van der Waals surface area (Å²) in [6, 6.07) is 15.6. The summed E-state index contributed by atoms with van der Waals surface area (Å²) in [5.74, 6) is 2.42. The molecule has 1 aliphatic heterocycles. The van der Waals surface area contributed by atoms with Crippen molar-refractivity contribution in [3.63, 3.8) is 0 Å². The van der Waals surface area contributed by atoms with Crippen molar-refractivity contribution in [3.05, 3.63) is 54.1 Å². The van der Waals surface area contributed by atoms with E-state index in [0.717, 1.165) is 29.0 Å². The van der Waals surface area contributed by atoms with E-state index in [-0.39, 0.29) is 11.7 Å². The van der Waals surface area contributed by atoms with Gasteiger partial charge in [-0.1, -0.05) is 42.1 Å². The first-order valence-corrected chi connectivity index (χ1v) is 10.4. The molecule has 0 saturated heterocycles. The van der Waals surface area contributed by atoms with Crippen LogP contribution in [0.1, 0.15) is 12.0 Å². The average Bonchev–Trinajstić information content (AvgIpc) is 2.96. The molecule has 0 radical (unpaired) electrons. The largest absolute Gasteiger partial charge is 0.490 e. The first-order valence-electron chi connectivity index (χ1n) is 9.43. The maximum absolute atomic E-state index is 12.2. The highest BCUT2D eigenvalue weighted by Crippen LogP contribution is 2.34. The first-order chi connectivity index (χ1) is 14.2. The van der Waals surface area contributed by atoms with Crippen molar-refractivity contribution in [1.29, 1.82) is 0 Å². The van der Waals surface area contributed by atoms with Crippen molar-refractivity contribution in [3.8, 4) is 22.9 Å². The molecule has 8 heteroatoms. The van der Waals surface area contributed by atoms with Crippen molar-refractivity contribution < 1.29 is 14.3 Å². The Balaban J connectivity index is 1.38. The SMILES string of the molecule is Cn1c(SCC(=O)NCc2ccccc2)nnc1-c1ccc2c(c1)OCCCO2. The van der Waals surface area contributed by atoms with E-state index in [1.165, 1.54) is 11.8 Å². The zero-order valence-electron chi connectivity index (χ0n) is 16.1. The van der Waals surface area contributed by atoms with E-state index in [4.69, 9.17) is 9.47 Å². The number of hydrogen-bond donors (Lipinski definition) is 1. The quantitative estimate of drug-likeness (QED) is 0.630. The summed E-state index contributed by atoms with van der Waals surface area (Å²) in [5.41, 5.74) is 1.96. The van der Waals surface area contributed by atoms with E-state index in [1.807, 2.05) is 60.1 Å². The van der Waals surface area contributed by atoms with Crippen LogP contribution in [0.4, 0.5) is 0 Å². The Morgan fingerprint density at radius 1 is 1.10 bits per heavy atom. The standard InChI is InChI=1S/C21H22N4O3S/c1-25-20(16-8-9-17-18(12-16)28-11-5-10-27-17)23-24-21(25)29-14-19(26)22-13-15-6-3-2-4-7-15/h2-4,6-9,12H,5,10-11,13-14H2,1H3,(H,22,26). The fourth-order valence-electron chi connectivity index (χ4n) is 2.97. The van der Waals surface area contributed by atoms with Crippen molar-refractivity contribution >= 4 is 17.7 Å². The molecule has 29 heavy (non-hydrogen) atoms. The Bertz CT molecular complexity index is 991. The second-order valence-electron chi connectivity index (χ2n) is 6.63. The minimum Gasteiger partial charge on any atom is -0.490 e. The molecule has 3 aromatic rings. The summed E-state index contributed by atoms with van der Waals surface area (Å²) in [6.07, 6.45) is 0.862. The Kier molecular flexibility index (Phi) is 6.00. The van der Waals surface area contributed by atoms with Crippen LogP contribution in [0.5, 0.6) is 11.5 Å². The number of thioether (sulfide) groups is 1. The second-order valence-corrected chi connectivity index (χ2v) is 7.57. The van der Waals surface area contributed by atoms with E-state index in [1.54, 1.807) is 0 Å². The fourth-order valence-corrected chi connectivity index (χ4v) is 3.71. The lowest BCUT2D eigenvalue weighted by atomic mass is 10.2. The number of hydrogen-bond acceptors (Lipinski definition) is 6. The van der Waals surface area contributed by atoms with Gasteiger partial charge in [0.25, 0.3) is 0 Å². The van der Waals surface area contributed by atoms with E-state index < -0.39 is 0 Å².